The van der Waals surface area contributed by atoms with E-state index in [1.54, 1.807) is 0 Å². The maximum absolute atomic E-state index is 6.27. The first-order chi connectivity index (χ1) is 14.1. The third kappa shape index (κ3) is 5.41. The quantitative estimate of drug-likeness (QED) is 0.505. The minimum atomic E-state index is 0.417. The second kappa shape index (κ2) is 9.33. The number of anilines is 2. The number of rotatable bonds is 9. The fourth-order valence-corrected chi connectivity index (χ4v) is 4.57. The summed E-state index contributed by atoms with van der Waals surface area (Å²) >= 11 is 0. The Balaban J connectivity index is 1.36. The molecule has 4 rings (SSSR count). The number of fused-ring (bicyclic) bond motifs is 1. The van der Waals surface area contributed by atoms with Crippen LogP contribution in [0.5, 0.6) is 6.01 Å². The summed E-state index contributed by atoms with van der Waals surface area (Å²) in [5.41, 5.74) is 8.47. The molecule has 1 aromatic rings. The van der Waals surface area contributed by atoms with E-state index in [1.807, 2.05) is 0 Å². The van der Waals surface area contributed by atoms with Gasteiger partial charge in [-0.3, -0.25) is 0 Å². The van der Waals surface area contributed by atoms with Gasteiger partial charge in [-0.1, -0.05) is 25.5 Å². The Labute approximate surface area is 175 Å². The number of piperidine rings is 1. The molecule has 0 unspecified atom stereocenters. The van der Waals surface area contributed by atoms with Crippen molar-refractivity contribution >= 4 is 11.6 Å². The van der Waals surface area contributed by atoms with Gasteiger partial charge in [0.05, 0.1) is 6.61 Å². The highest BCUT2D eigenvalue weighted by atomic mass is 16.5. The van der Waals surface area contributed by atoms with Gasteiger partial charge in [-0.2, -0.15) is 9.97 Å². The van der Waals surface area contributed by atoms with Gasteiger partial charge in [0.2, 0.25) is 0 Å². The van der Waals surface area contributed by atoms with Crippen molar-refractivity contribution in [2.45, 2.75) is 58.3 Å². The van der Waals surface area contributed by atoms with Crippen LogP contribution in [0.25, 0.3) is 0 Å². The highest BCUT2D eigenvalue weighted by Crippen LogP contribution is 2.34. The molecule has 3 aliphatic rings. The molecule has 1 aliphatic carbocycles. The molecule has 2 N–H and O–H groups in total. The molecule has 0 aromatic carbocycles. The number of nitrogens with two attached hydrogens (primary N) is 1. The number of unbranched alkanes of at least 4 members (excludes halogenated alkanes) is 1. The van der Waals surface area contributed by atoms with E-state index in [-0.39, 0.29) is 0 Å². The summed E-state index contributed by atoms with van der Waals surface area (Å²) in [4.78, 5) is 14.2. The Morgan fingerprint density at radius 1 is 1.14 bits per heavy atom. The summed E-state index contributed by atoms with van der Waals surface area (Å²) < 4.78 is 5.75. The zero-order valence-electron chi connectivity index (χ0n) is 18.0. The summed E-state index contributed by atoms with van der Waals surface area (Å²) in [6, 6.07) is 0.417. The fourth-order valence-electron chi connectivity index (χ4n) is 4.57. The molecule has 1 saturated carbocycles. The summed E-state index contributed by atoms with van der Waals surface area (Å²) in [7, 11) is 0. The van der Waals surface area contributed by atoms with Crippen molar-refractivity contribution in [1.82, 2.24) is 14.9 Å². The highest BCUT2D eigenvalue weighted by molar-refractivity contribution is 5.62. The molecule has 3 heterocycles. The van der Waals surface area contributed by atoms with E-state index in [9.17, 15) is 0 Å². The van der Waals surface area contributed by atoms with Crippen LogP contribution in [0.1, 0.15) is 57.4 Å². The van der Waals surface area contributed by atoms with Crippen LogP contribution in [0.15, 0.2) is 12.2 Å². The Bertz CT molecular complexity index is 709. The monoisotopic (exact) mass is 399 g/mol. The zero-order valence-corrected chi connectivity index (χ0v) is 18.0. The van der Waals surface area contributed by atoms with E-state index in [0.29, 0.717) is 18.4 Å². The number of likely N-dealkylation sites (tertiary alicyclic amines) is 1. The van der Waals surface area contributed by atoms with Gasteiger partial charge in [-0.25, -0.2) is 0 Å². The first-order valence-electron chi connectivity index (χ1n) is 11.6. The van der Waals surface area contributed by atoms with E-state index in [4.69, 9.17) is 15.5 Å². The molecule has 6 heteroatoms. The van der Waals surface area contributed by atoms with Crippen molar-refractivity contribution in [1.29, 1.82) is 0 Å². The van der Waals surface area contributed by atoms with Crippen LogP contribution in [-0.2, 0) is 6.42 Å². The van der Waals surface area contributed by atoms with Crippen LogP contribution in [0, 0.1) is 11.8 Å². The smallest absolute Gasteiger partial charge is 0.320 e. The van der Waals surface area contributed by atoms with Gasteiger partial charge in [0.25, 0.3) is 0 Å². The number of nitrogens with zero attached hydrogens (tertiary/aromatic N) is 4. The average Bonchev–Trinajstić information content (AvgIpc) is 3.52. The average molecular weight is 400 g/mol. The standard InChI is InChI=1S/C23H37N5O/c1-3-4-13-29-23-25-21(24)20-14-17(2)15-28(22(20)26-23)12-9-18-7-10-27(11-8-18)16-19-5-6-19/h18-19H,2-16H2,1H3,(H2,24,25,26). The molecule has 1 saturated heterocycles. The molecule has 0 radical (unpaired) electrons. The summed E-state index contributed by atoms with van der Waals surface area (Å²) in [6.07, 6.45) is 9.62. The normalized spacial score (nSPS) is 20.7. The number of aromatic nitrogens is 2. The van der Waals surface area contributed by atoms with Crippen LogP contribution in [-0.4, -0.2) is 54.2 Å². The molecule has 0 atom stereocenters. The highest BCUT2D eigenvalue weighted by Gasteiger charge is 2.28. The predicted molar refractivity (Wildman–Crippen MR) is 118 cm³/mol. The lowest BCUT2D eigenvalue weighted by Crippen LogP contribution is -2.38. The molecular formula is C23H37N5O. The Kier molecular flexibility index (Phi) is 6.58. The SMILES string of the molecule is C=C1Cc2c(N)nc(OCCCC)nc2N(CCC2CCN(CC3CC3)CC2)C1. The van der Waals surface area contributed by atoms with Crippen LogP contribution in [0.2, 0.25) is 0 Å². The number of nitrogen functional groups attached to an aromatic ring is 1. The Morgan fingerprint density at radius 2 is 1.93 bits per heavy atom. The van der Waals surface area contributed by atoms with Crippen LogP contribution >= 0.6 is 0 Å². The van der Waals surface area contributed by atoms with Gasteiger partial charge in [0, 0.05) is 31.6 Å². The molecule has 0 bridgehead atoms. The van der Waals surface area contributed by atoms with Crippen molar-refractivity contribution in [2.75, 3.05) is 50.0 Å². The topological polar surface area (TPSA) is 67.5 Å². The molecule has 6 nitrogen and oxygen atoms in total. The summed E-state index contributed by atoms with van der Waals surface area (Å²) in [5, 5.41) is 0. The molecule has 1 aromatic heterocycles. The second-order valence-corrected chi connectivity index (χ2v) is 9.22. The van der Waals surface area contributed by atoms with E-state index in [0.717, 1.165) is 55.6 Å². The van der Waals surface area contributed by atoms with E-state index >= 15 is 0 Å². The van der Waals surface area contributed by atoms with Crippen molar-refractivity contribution in [3.63, 3.8) is 0 Å². The van der Waals surface area contributed by atoms with E-state index in [2.05, 4.69) is 28.3 Å². The van der Waals surface area contributed by atoms with Crippen molar-refractivity contribution in [2.24, 2.45) is 11.8 Å². The first kappa shape index (κ1) is 20.5. The molecule has 2 aliphatic heterocycles. The van der Waals surface area contributed by atoms with Crippen LogP contribution in [0.3, 0.4) is 0 Å². The first-order valence-corrected chi connectivity index (χ1v) is 11.6. The zero-order chi connectivity index (χ0) is 20.2. The van der Waals surface area contributed by atoms with Crippen molar-refractivity contribution in [3.8, 4) is 6.01 Å². The molecule has 160 valence electrons. The minimum Gasteiger partial charge on any atom is -0.463 e. The molecule has 2 fully saturated rings. The third-order valence-corrected chi connectivity index (χ3v) is 6.59. The largest absolute Gasteiger partial charge is 0.463 e. The maximum Gasteiger partial charge on any atom is 0.320 e. The lowest BCUT2D eigenvalue weighted by molar-refractivity contribution is 0.174. The number of hydrogen-bond donors (Lipinski definition) is 1. The van der Waals surface area contributed by atoms with E-state index < -0.39 is 0 Å². The second-order valence-electron chi connectivity index (χ2n) is 9.22. The maximum atomic E-state index is 6.27. The van der Waals surface area contributed by atoms with Gasteiger partial charge >= 0.3 is 6.01 Å². The molecular weight excluding hydrogens is 362 g/mol. The van der Waals surface area contributed by atoms with Gasteiger partial charge in [-0.05, 0) is 63.5 Å². The number of ether oxygens (including phenoxy) is 1. The van der Waals surface area contributed by atoms with E-state index in [1.165, 1.54) is 57.3 Å². The molecule has 0 spiro atoms. The van der Waals surface area contributed by atoms with Gasteiger partial charge < -0.3 is 20.3 Å². The van der Waals surface area contributed by atoms with Crippen molar-refractivity contribution in [3.05, 3.63) is 17.7 Å². The third-order valence-electron chi connectivity index (χ3n) is 6.59. The lowest BCUT2D eigenvalue weighted by Gasteiger charge is -2.35. The fraction of sp³-hybridized carbons (Fsp3) is 0.739. The lowest BCUT2D eigenvalue weighted by atomic mass is 9.92. The minimum absolute atomic E-state index is 0.417. The van der Waals surface area contributed by atoms with Gasteiger partial charge in [-0.15, -0.1) is 0 Å². The van der Waals surface area contributed by atoms with Crippen LogP contribution in [0.4, 0.5) is 11.6 Å². The Morgan fingerprint density at radius 3 is 2.66 bits per heavy atom. The van der Waals surface area contributed by atoms with Crippen LogP contribution < -0.4 is 15.4 Å². The predicted octanol–water partition coefficient (Wildman–Crippen LogP) is 3.67. The van der Waals surface area contributed by atoms with Gasteiger partial charge in [0.15, 0.2) is 0 Å². The Hall–Kier alpha value is -1.82. The molecule has 0 amide bonds. The summed E-state index contributed by atoms with van der Waals surface area (Å²) in [6.45, 7) is 12.8. The summed E-state index contributed by atoms with van der Waals surface area (Å²) in [5.74, 6) is 3.31. The molecule has 29 heavy (non-hydrogen) atoms. The van der Waals surface area contributed by atoms with Crippen molar-refractivity contribution < 1.29 is 4.74 Å². The van der Waals surface area contributed by atoms with Gasteiger partial charge in [0.1, 0.15) is 11.6 Å². The number of hydrogen-bond acceptors (Lipinski definition) is 6.